The van der Waals surface area contributed by atoms with Crippen molar-refractivity contribution in [2.45, 2.75) is 19.4 Å². The van der Waals surface area contributed by atoms with E-state index in [-0.39, 0.29) is 24.1 Å². The number of carbonyl (C=O) groups excluding carboxylic acids is 1. The van der Waals surface area contributed by atoms with E-state index in [2.05, 4.69) is 10.2 Å². The van der Waals surface area contributed by atoms with Crippen molar-refractivity contribution in [1.29, 1.82) is 0 Å². The van der Waals surface area contributed by atoms with Gasteiger partial charge in [0.25, 0.3) is 0 Å². The van der Waals surface area contributed by atoms with Gasteiger partial charge in [0, 0.05) is 6.54 Å². The van der Waals surface area contributed by atoms with E-state index >= 15 is 0 Å². The Bertz CT molecular complexity index is 433. The van der Waals surface area contributed by atoms with Gasteiger partial charge >= 0.3 is 0 Å². The van der Waals surface area contributed by atoms with Gasteiger partial charge in [-0.05, 0) is 56.1 Å². The summed E-state index contributed by atoms with van der Waals surface area (Å²) < 4.78 is 12.8. The van der Waals surface area contributed by atoms with Crippen molar-refractivity contribution in [1.82, 2.24) is 10.2 Å². The predicted molar refractivity (Wildman–Crippen MR) is 83.7 cm³/mol. The van der Waals surface area contributed by atoms with Crippen LogP contribution in [-0.4, -0.2) is 37.0 Å². The highest BCUT2D eigenvalue weighted by Crippen LogP contribution is 2.15. The molecule has 1 fully saturated rings. The molecule has 1 aromatic rings. The van der Waals surface area contributed by atoms with E-state index in [1.54, 1.807) is 12.1 Å². The molecule has 0 unspecified atom stereocenters. The van der Waals surface area contributed by atoms with Gasteiger partial charge in [-0.15, -0.1) is 12.4 Å². The largest absolute Gasteiger partial charge is 0.351 e. The van der Waals surface area contributed by atoms with Gasteiger partial charge in [-0.2, -0.15) is 0 Å². The number of likely N-dealkylation sites (tertiary alicyclic amines) is 1. The van der Waals surface area contributed by atoms with E-state index < -0.39 is 0 Å². The zero-order valence-electron chi connectivity index (χ0n) is 12.1. The molecule has 1 aromatic carbocycles. The highest BCUT2D eigenvalue weighted by Gasteiger charge is 2.19. The van der Waals surface area contributed by atoms with Crippen molar-refractivity contribution < 1.29 is 9.18 Å². The first-order valence-electron chi connectivity index (χ1n) is 7.11. The highest BCUT2D eigenvalue weighted by atomic mass is 35.5. The number of amides is 1. The number of benzene rings is 1. The number of piperidine rings is 1. The number of hydrogen-bond donors (Lipinski definition) is 2. The second-order valence-electron chi connectivity index (χ2n) is 5.36. The lowest BCUT2D eigenvalue weighted by Crippen LogP contribution is -2.42. The quantitative estimate of drug-likeness (QED) is 0.866. The summed E-state index contributed by atoms with van der Waals surface area (Å²) in [5, 5.41) is 2.86. The van der Waals surface area contributed by atoms with Crippen molar-refractivity contribution in [2.24, 2.45) is 11.7 Å². The molecule has 0 saturated carbocycles. The molecule has 0 bridgehead atoms. The Morgan fingerprint density at radius 3 is 2.48 bits per heavy atom. The van der Waals surface area contributed by atoms with Crippen LogP contribution in [0.25, 0.3) is 0 Å². The third-order valence-corrected chi connectivity index (χ3v) is 3.81. The summed E-state index contributed by atoms with van der Waals surface area (Å²) in [7, 11) is 0. The molecule has 4 nitrogen and oxygen atoms in total. The summed E-state index contributed by atoms with van der Waals surface area (Å²) in [5.74, 6) is 0.358. The zero-order valence-corrected chi connectivity index (χ0v) is 12.9. The maximum Gasteiger partial charge on any atom is 0.234 e. The van der Waals surface area contributed by atoms with Gasteiger partial charge in [0.2, 0.25) is 5.91 Å². The van der Waals surface area contributed by atoms with Crippen LogP contribution < -0.4 is 11.1 Å². The minimum atomic E-state index is -0.261. The summed E-state index contributed by atoms with van der Waals surface area (Å²) in [6, 6.07) is 6.17. The number of nitrogens with zero attached hydrogens (tertiary/aromatic N) is 1. The van der Waals surface area contributed by atoms with Gasteiger partial charge in [0.05, 0.1) is 6.54 Å². The molecule has 1 aliphatic heterocycles. The number of rotatable bonds is 5. The van der Waals surface area contributed by atoms with Gasteiger partial charge < -0.3 is 11.1 Å². The maximum absolute atomic E-state index is 12.8. The van der Waals surface area contributed by atoms with E-state index in [0.717, 1.165) is 38.0 Å². The van der Waals surface area contributed by atoms with Crippen LogP contribution in [0.15, 0.2) is 24.3 Å². The molecular weight excluding hydrogens is 293 g/mol. The minimum absolute atomic E-state index is 0. The smallest absolute Gasteiger partial charge is 0.234 e. The average Bonchev–Trinajstić information content (AvgIpc) is 2.47. The molecule has 6 heteroatoms. The Morgan fingerprint density at radius 1 is 1.29 bits per heavy atom. The van der Waals surface area contributed by atoms with E-state index in [0.29, 0.717) is 19.0 Å². The Hall–Kier alpha value is -1.17. The molecule has 1 heterocycles. The van der Waals surface area contributed by atoms with Gasteiger partial charge in [-0.1, -0.05) is 12.1 Å². The van der Waals surface area contributed by atoms with Crippen LogP contribution >= 0.6 is 12.4 Å². The van der Waals surface area contributed by atoms with Crippen LogP contribution in [0.4, 0.5) is 4.39 Å². The summed E-state index contributed by atoms with van der Waals surface area (Å²) >= 11 is 0. The molecule has 0 aliphatic carbocycles. The standard InChI is InChI=1S/C15H22FN3O.ClH/c16-14-3-1-13(2-4-14)10-18-15(20)11-19-7-5-12(9-17)6-8-19;/h1-4,12H,5-11,17H2,(H,18,20);1H. The third kappa shape index (κ3) is 5.99. The topological polar surface area (TPSA) is 58.4 Å². The van der Waals surface area contributed by atoms with Crippen LogP contribution in [0.3, 0.4) is 0 Å². The molecule has 1 aliphatic rings. The summed E-state index contributed by atoms with van der Waals surface area (Å²) in [6.45, 7) is 3.49. The molecule has 21 heavy (non-hydrogen) atoms. The van der Waals surface area contributed by atoms with Crippen LogP contribution in [0.2, 0.25) is 0 Å². The van der Waals surface area contributed by atoms with Gasteiger partial charge in [0.15, 0.2) is 0 Å². The molecule has 2 rings (SSSR count). The molecule has 0 radical (unpaired) electrons. The minimum Gasteiger partial charge on any atom is -0.351 e. The van der Waals surface area contributed by atoms with Crippen LogP contribution in [0.1, 0.15) is 18.4 Å². The fraction of sp³-hybridized carbons (Fsp3) is 0.533. The highest BCUT2D eigenvalue weighted by molar-refractivity contribution is 5.85. The van der Waals surface area contributed by atoms with Gasteiger partial charge in [-0.25, -0.2) is 4.39 Å². The van der Waals surface area contributed by atoms with E-state index in [1.165, 1.54) is 12.1 Å². The monoisotopic (exact) mass is 315 g/mol. The molecule has 118 valence electrons. The van der Waals surface area contributed by atoms with Gasteiger partial charge in [-0.3, -0.25) is 9.69 Å². The lowest BCUT2D eigenvalue weighted by atomic mass is 9.97. The SMILES string of the molecule is Cl.NCC1CCN(CC(=O)NCc2ccc(F)cc2)CC1. The summed E-state index contributed by atoms with van der Waals surface area (Å²) in [4.78, 5) is 14.0. The van der Waals surface area contributed by atoms with Crippen LogP contribution in [0.5, 0.6) is 0 Å². The molecule has 1 amide bonds. The molecule has 0 atom stereocenters. The molecule has 1 saturated heterocycles. The summed E-state index contributed by atoms with van der Waals surface area (Å²) in [6.07, 6.45) is 2.14. The van der Waals surface area contributed by atoms with Crippen molar-refractivity contribution in [2.75, 3.05) is 26.2 Å². The molecule has 0 aromatic heterocycles. The van der Waals surface area contributed by atoms with Crippen molar-refractivity contribution in [3.8, 4) is 0 Å². The first-order chi connectivity index (χ1) is 9.67. The number of nitrogens with one attached hydrogen (secondary N) is 1. The number of hydrogen-bond acceptors (Lipinski definition) is 3. The fourth-order valence-electron chi connectivity index (χ4n) is 2.44. The second kappa shape index (κ2) is 8.97. The first kappa shape index (κ1) is 17.9. The van der Waals surface area contributed by atoms with Crippen molar-refractivity contribution >= 4 is 18.3 Å². The number of carbonyl (C=O) groups is 1. The summed E-state index contributed by atoms with van der Waals surface area (Å²) in [5.41, 5.74) is 6.55. The Kier molecular flexibility index (Phi) is 7.64. The van der Waals surface area contributed by atoms with Crippen molar-refractivity contribution in [3.05, 3.63) is 35.6 Å². The number of halogens is 2. The van der Waals surface area contributed by atoms with Crippen molar-refractivity contribution in [3.63, 3.8) is 0 Å². The third-order valence-electron chi connectivity index (χ3n) is 3.81. The molecule has 0 spiro atoms. The zero-order chi connectivity index (χ0) is 14.4. The Labute approximate surface area is 131 Å². The van der Waals surface area contributed by atoms with Gasteiger partial charge in [0.1, 0.15) is 5.82 Å². The molecular formula is C15H23ClFN3O. The lowest BCUT2D eigenvalue weighted by Gasteiger charge is -2.30. The number of nitrogens with two attached hydrogens (primary N) is 1. The van der Waals surface area contributed by atoms with E-state index in [1.807, 2.05) is 0 Å². The fourth-order valence-corrected chi connectivity index (χ4v) is 2.44. The molecule has 3 N–H and O–H groups in total. The second-order valence-corrected chi connectivity index (χ2v) is 5.36. The maximum atomic E-state index is 12.8. The Morgan fingerprint density at radius 2 is 1.90 bits per heavy atom. The van der Waals surface area contributed by atoms with Crippen LogP contribution in [-0.2, 0) is 11.3 Å². The van der Waals surface area contributed by atoms with E-state index in [9.17, 15) is 9.18 Å². The predicted octanol–water partition coefficient (Wildman–Crippen LogP) is 1.53. The lowest BCUT2D eigenvalue weighted by molar-refractivity contribution is -0.122. The average molecular weight is 316 g/mol. The first-order valence-corrected chi connectivity index (χ1v) is 7.11. The Balaban J connectivity index is 0.00000220. The normalized spacial score (nSPS) is 16.3. The van der Waals surface area contributed by atoms with Crippen LogP contribution in [0, 0.1) is 11.7 Å². The van der Waals surface area contributed by atoms with E-state index in [4.69, 9.17) is 5.73 Å².